The Labute approximate surface area is 124 Å². The van der Waals surface area contributed by atoms with E-state index in [9.17, 15) is 4.79 Å². The van der Waals surface area contributed by atoms with Crippen molar-refractivity contribution in [3.8, 4) is 6.07 Å². The van der Waals surface area contributed by atoms with Crippen molar-refractivity contribution in [2.24, 2.45) is 5.92 Å². The molecule has 3 heterocycles. The lowest BCUT2D eigenvalue weighted by Gasteiger charge is -2.34. The SMILES string of the molecule is N#Cc1nccc(N2CCC(CN3CCCC3=O)CC2)n1. The third-order valence-electron chi connectivity index (χ3n) is 4.33. The molecule has 6 heteroatoms. The van der Waals surface area contributed by atoms with Crippen molar-refractivity contribution in [1.82, 2.24) is 14.9 Å². The van der Waals surface area contributed by atoms with Crippen LogP contribution in [0.15, 0.2) is 12.3 Å². The molecule has 0 bridgehead atoms. The van der Waals surface area contributed by atoms with Crippen LogP contribution in [0.3, 0.4) is 0 Å². The van der Waals surface area contributed by atoms with Crippen LogP contribution in [0.25, 0.3) is 0 Å². The number of piperidine rings is 1. The molecule has 0 radical (unpaired) electrons. The highest BCUT2D eigenvalue weighted by Gasteiger charge is 2.26. The maximum Gasteiger partial charge on any atom is 0.234 e. The van der Waals surface area contributed by atoms with Crippen LogP contribution in [0.4, 0.5) is 5.82 Å². The number of nitrogens with zero attached hydrogens (tertiary/aromatic N) is 5. The Morgan fingerprint density at radius 2 is 2.14 bits per heavy atom. The highest BCUT2D eigenvalue weighted by atomic mass is 16.2. The summed E-state index contributed by atoms with van der Waals surface area (Å²) in [5.41, 5.74) is 0. The van der Waals surface area contributed by atoms with E-state index in [2.05, 4.69) is 14.9 Å². The lowest BCUT2D eigenvalue weighted by atomic mass is 9.96. The Bertz CT molecular complexity index is 559. The van der Waals surface area contributed by atoms with Crippen LogP contribution in [0.5, 0.6) is 0 Å². The minimum atomic E-state index is 0.220. The number of carbonyl (C=O) groups excluding carboxylic acids is 1. The first kappa shape index (κ1) is 13.8. The molecule has 2 aliphatic heterocycles. The van der Waals surface area contributed by atoms with Gasteiger partial charge >= 0.3 is 0 Å². The lowest BCUT2D eigenvalue weighted by Crippen LogP contribution is -2.39. The Balaban J connectivity index is 1.55. The molecule has 21 heavy (non-hydrogen) atoms. The standard InChI is InChI=1S/C15H19N5O/c16-10-13-17-6-3-14(18-13)19-8-4-12(5-9-19)11-20-7-1-2-15(20)21/h3,6,12H,1-2,4-5,7-9,11H2. The molecular formula is C15H19N5O. The highest BCUT2D eigenvalue weighted by molar-refractivity contribution is 5.78. The second-order valence-corrected chi connectivity index (χ2v) is 5.72. The van der Waals surface area contributed by atoms with E-state index >= 15 is 0 Å². The van der Waals surface area contributed by atoms with Gasteiger partial charge in [-0.15, -0.1) is 0 Å². The van der Waals surface area contributed by atoms with Crippen LogP contribution in [-0.4, -0.2) is 47.0 Å². The number of nitriles is 1. The average molecular weight is 285 g/mol. The molecule has 0 aromatic carbocycles. The van der Waals surface area contributed by atoms with Crippen LogP contribution in [0.1, 0.15) is 31.5 Å². The maximum absolute atomic E-state index is 11.7. The third-order valence-corrected chi connectivity index (χ3v) is 4.33. The van der Waals surface area contributed by atoms with Gasteiger partial charge in [0, 0.05) is 38.8 Å². The first-order valence-corrected chi connectivity index (χ1v) is 7.52. The van der Waals surface area contributed by atoms with E-state index in [-0.39, 0.29) is 5.82 Å². The number of hydrogen-bond acceptors (Lipinski definition) is 5. The summed E-state index contributed by atoms with van der Waals surface area (Å²) in [7, 11) is 0. The van der Waals surface area contributed by atoms with Gasteiger partial charge in [0.05, 0.1) is 0 Å². The first-order valence-electron chi connectivity index (χ1n) is 7.52. The van der Waals surface area contributed by atoms with Gasteiger partial charge in [-0.05, 0) is 31.2 Å². The molecule has 1 aromatic heterocycles. The number of likely N-dealkylation sites (tertiary alicyclic amines) is 1. The number of rotatable bonds is 3. The monoisotopic (exact) mass is 285 g/mol. The van der Waals surface area contributed by atoms with E-state index < -0.39 is 0 Å². The fraction of sp³-hybridized carbons (Fsp3) is 0.600. The van der Waals surface area contributed by atoms with E-state index in [4.69, 9.17) is 5.26 Å². The van der Waals surface area contributed by atoms with Crippen molar-refractivity contribution in [2.75, 3.05) is 31.1 Å². The van der Waals surface area contributed by atoms with E-state index in [1.54, 1.807) is 6.20 Å². The molecule has 3 rings (SSSR count). The van der Waals surface area contributed by atoms with Crippen molar-refractivity contribution in [1.29, 1.82) is 5.26 Å². The number of hydrogen-bond donors (Lipinski definition) is 0. The summed E-state index contributed by atoms with van der Waals surface area (Å²) in [4.78, 5) is 24.0. The van der Waals surface area contributed by atoms with Crippen LogP contribution in [0.2, 0.25) is 0 Å². The van der Waals surface area contributed by atoms with Gasteiger partial charge < -0.3 is 9.80 Å². The summed E-state index contributed by atoms with van der Waals surface area (Å²) in [5, 5.41) is 8.86. The van der Waals surface area contributed by atoms with E-state index in [0.717, 1.165) is 57.7 Å². The second-order valence-electron chi connectivity index (χ2n) is 5.72. The van der Waals surface area contributed by atoms with Gasteiger partial charge in [-0.2, -0.15) is 5.26 Å². The van der Waals surface area contributed by atoms with Crippen molar-refractivity contribution < 1.29 is 4.79 Å². The topological polar surface area (TPSA) is 73.1 Å². The van der Waals surface area contributed by atoms with Crippen molar-refractivity contribution in [2.45, 2.75) is 25.7 Å². The zero-order valence-electron chi connectivity index (χ0n) is 12.0. The summed E-state index contributed by atoms with van der Waals surface area (Å²) < 4.78 is 0. The van der Waals surface area contributed by atoms with Crippen molar-refractivity contribution in [3.63, 3.8) is 0 Å². The molecule has 0 spiro atoms. The molecule has 0 unspecified atom stereocenters. The predicted octanol–water partition coefficient (Wildman–Crippen LogP) is 1.19. The molecule has 0 saturated carbocycles. The maximum atomic E-state index is 11.7. The van der Waals surface area contributed by atoms with Crippen molar-refractivity contribution in [3.05, 3.63) is 18.1 Å². The molecule has 0 N–H and O–H groups in total. The second kappa shape index (κ2) is 6.08. The van der Waals surface area contributed by atoms with Gasteiger partial charge in [0.15, 0.2) is 0 Å². The smallest absolute Gasteiger partial charge is 0.234 e. The largest absolute Gasteiger partial charge is 0.356 e. The normalized spacial score (nSPS) is 19.9. The lowest BCUT2D eigenvalue weighted by molar-refractivity contribution is -0.128. The summed E-state index contributed by atoms with van der Waals surface area (Å²) in [6.45, 7) is 3.68. The van der Waals surface area contributed by atoms with Gasteiger partial charge in [-0.25, -0.2) is 9.97 Å². The van der Waals surface area contributed by atoms with Crippen LogP contribution in [-0.2, 0) is 4.79 Å². The fourth-order valence-corrected chi connectivity index (χ4v) is 3.13. The summed E-state index contributed by atoms with van der Waals surface area (Å²) >= 11 is 0. The van der Waals surface area contributed by atoms with Crippen molar-refractivity contribution >= 4 is 11.7 Å². The molecule has 6 nitrogen and oxygen atoms in total. The quantitative estimate of drug-likeness (QED) is 0.834. The molecule has 2 aliphatic rings. The molecule has 1 aromatic rings. The van der Waals surface area contributed by atoms with E-state index in [0.29, 0.717) is 11.8 Å². The summed E-state index contributed by atoms with van der Waals surface area (Å²) in [6.07, 6.45) is 5.49. The first-order chi connectivity index (χ1) is 10.3. The Kier molecular flexibility index (Phi) is 4.00. The molecule has 0 atom stereocenters. The Morgan fingerprint density at radius 3 is 2.81 bits per heavy atom. The number of anilines is 1. The molecule has 0 aliphatic carbocycles. The summed E-state index contributed by atoms with van der Waals surface area (Å²) in [6, 6.07) is 3.83. The molecular weight excluding hydrogens is 266 g/mol. The third kappa shape index (κ3) is 3.13. The zero-order valence-corrected chi connectivity index (χ0v) is 12.0. The predicted molar refractivity (Wildman–Crippen MR) is 77.5 cm³/mol. The van der Waals surface area contributed by atoms with Crippen LogP contribution >= 0.6 is 0 Å². The summed E-state index contributed by atoms with van der Waals surface area (Å²) in [5.74, 6) is 1.95. The molecule has 1 amide bonds. The van der Waals surface area contributed by atoms with Gasteiger partial charge in [-0.3, -0.25) is 4.79 Å². The van der Waals surface area contributed by atoms with Crippen LogP contribution in [0, 0.1) is 17.2 Å². The molecule has 2 fully saturated rings. The van der Waals surface area contributed by atoms with Gasteiger partial charge in [0.25, 0.3) is 0 Å². The number of aromatic nitrogens is 2. The van der Waals surface area contributed by atoms with Gasteiger partial charge in [0.2, 0.25) is 11.7 Å². The number of carbonyl (C=O) groups is 1. The molecule has 110 valence electrons. The van der Waals surface area contributed by atoms with E-state index in [1.807, 2.05) is 17.0 Å². The zero-order chi connectivity index (χ0) is 14.7. The fourth-order valence-electron chi connectivity index (χ4n) is 3.13. The molecule has 2 saturated heterocycles. The van der Waals surface area contributed by atoms with Crippen LogP contribution < -0.4 is 4.90 Å². The average Bonchev–Trinajstić information content (AvgIpc) is 2.93. The Morgan fingerprint density at radius 1 is 1.33 bits per heavy atom. The minimum absolute atomic E-state index is 0.220. The van der Waals surface area contributed by atoms with Gasteiger partial charge in [-0.1, -0.05) is 0 Å². The number of amides is 1. The van der Waals surface area contributed by atoms with Gasteiger partial charge in [0.1, 0.15) is 11.9 Å². The highest BCUT2D eigenvalue weighted by Crippen LogP contribution is 2.24. The Hall–Kier alpha value is -2.16. The minimum Gasteiger partial charge on any atom is -0.356 e. The van der Waals surface area contributed by atoms with E-state index in [1.165, 1.54) is 0 Å².